The van der Waals surface area contributed by atoms with Crippen LogP contribution in [0.2, 0.25) is 0 Å². The Morgan fingerprint density at radius 1 is 1.26 bits per heavy atom. The van der Waals surface area contributed by atoms with Crippen molar-refractivity contribution in [2.24, 2.45) is 5.73 Å². The van der Waals surface area contributed by atoms with Gasteiger partial charge in [-0.1, -0.05) is 0 Å². The first kappa shape index (κ1) is 19.0. The zero-order valence-electron chi connectivity index (χ0n) is 11.7. The minimum absolute atomic E-state index is 0.0959. The first-order chi connectivity index (χ1) is 10.5. The molecular weight excluding hydrogens is 334 g/mol. The Morgan fingerprint density at radius 3 is 2.30 bits per heavy atom. The van der Waals surface area contributed by atoms with E-state index in [-0.39, 0.29) is 6.61 Å². The van der Waals surface area contributed by atoms with E-state index >= 15 is 0 Å². The predicted molar refractivity (Wildman–Crippen MR) is 64.2 cm³/mol. The fraction of sp³-hybridized carbons (Fsp3) is 0.500. The maximum atomic E-state index is 13.1. The van der Waals surface area contributed by atoms with Crippen molar-refractivity contribution in [3.05, 3.63) is 23.0 Å². The van der Waals surface area contributed by atoms with E-state index in [1.165, 1.54) is 6.92 Å². The molecule has 0 saturated heterocycles. The highest BCUT2D eigenvalue weighted by Crippen LogP contribution is 2.42. The molecule has 0 amide bonds. The van der Waals surface area contributed by atoms with E-state index in [4.69, 9.17) is 5.73 Å². The quantitative estimate of drug-likeness (QED) is 0.655. The molecular formula is C12H12F6N2O3. The van der Waals surface area contributed by atoms with Crippen molar-refractivity contribution < 1.29 is 40.6 Å². The smallest absolute Gasteiger partial charge is 0.466 e. The van der Waals surface area contributed by atoms with Crippen LogP contribution in [0, 0.1) is 0 Å². The van der Waals surface area contributed by atoms with Crippen molar-refractivity contribution in [1.29, 1.82) is 0 Å². The molecule has 0 saturated carbocycles. The van der Waals surface area contributed by atoms with Gasteiger partial charge in [0.25, 0.3) is 0 Å². The van der Waals surface area contributed by atoms with Crippen molar-refractivity contribution >= 4 is 5.97 Å². The normalized spacial score (nSPS) is 12.2. The Bertz CT molecular complexity index is 571. The fourth-order valence-electron chi connectivity index (χ4n) is 1.74. The fourth-order valence-corrected chi connectivity index (χ4v) is 1.74. The van der Waals surface area contributed by atoms with Gasteiger partial charge in [-0.2, -0.15) is 13.2 Å². The van der Waals surface area contributed by atoms with E-state index < -0.39 is 54.0 Å². The summed E-state index contributed by atoms with van der Waals surface area (Å²) in [4.78, 5) is 14.8. The van der Waals surface area contributed by atoms with Crippen LogP contribution in [-0.2, 0) is 28.7 Å². The van der Waals surface area contributed by atoms with Crippen LogP contribution in [-0.4, -0.2) is 23.9 Å². The summed E-state index contributed by atoms with van der Waals surface area (Å²) in [5.41, 5.74) is 1.86. The Kier molecular flexibility index (Phi) is 5.81. The summed E-state index contributed by atoms with van der Waals surface area (Å²) in [5.74, 6) is -2.64. The predicted octanol–water partition coefficient (Wildman–Crippen LogP) is 2.56. The summed E-state index contributed by atoms with van der Waals surface area (Å²) in [6.45, 7) is 0.619. The van der Waals surface area contributed by atoms with Crippen LogP contribution in [0.15, 0.2) is 6.20 Å². The molecule has 0 fully saturated rings. The van der Waals surface area contributed by atoms with E-state index in [2.05, 4.69) is 14.5 Å². The van der Waals surface area contributed by atoms with Crippen molar-refractivity contribution in [2.45, 2.75) is 32.4 Å². The van der Waals surface area contributed by atoms with Gasteiger partial charge >= 0.3 is 18.5 Å². The molecule has 0 spiro atoms. The van der Waals surface area contributed by atoms with Gasteiger partial charge in [0.1, 0.15) is 5.56 Å². The second kappa shape index (κ2) is 7.02. The molecule has 0 unspecified atom stereocenters. The molecule has 2 N–H and O–H groups in total. The summed E-state index contributed by atoms with van der Waals surface area (Å²) in [7, 11) is 0. The summed E-state index contributed by atoms with van der Waals surface area (Å²) < 4.78 is 84.6. The molecule has 0 aliphatic heterocycles. The van der Waals surface area contributed by atoms with Crippen LogP contribution >= 0.6 is 0 Å². The number of nitrogens with zero attached hydrogens (tertiary/aromatic N) is 1. The Morgan fingerprint density at radius 2 is 1.87 bits per heavy atom. The van der Waals surface area contributed by atoms with Crippen LogP contribution in [0.4, 0.5) is 26.3 Å². The van der Waals surface area contributed by atoms with Gasteiger partial charge in [-0.25, -0.2) is 0 Å². The van der Waals surface area contributed by atoms with Gasteiger partial charge in [-0.3, -0.25) is 9.78 Å². The van der Waals surface area contributed by atoms with Crippen LogP contribution in [0.25, 0.3) is 0 Å². The number of carbonyl (C=O) groups excluding carboxylic acids is 1. The zero-order chi connectivity index (χ0) is 17.8. The molecule has 23 heavy (non-hydrogen) atoms. The highest BCUT2D eigenvalue weighted by molar-refractivity contribution is 5.73. The van der Waals surface area contributed by atoms with Gasteiger partial charge in [0.05, 0.1) is 18.7 Å². The Labute approximate surface area is 126 Å². The monoisotopic (exact) mass is 346 g/mol. The van der Waals surface area contributed by atoms with E-state index in [1.54, 1.807) is 0 Å². The van der Waals surface area contributed by atoms with E-state index in [9.17, 15) is 31.1 Å². The average Bonchev–Trinajstić information content (AvgIpc) is 2.37. The summed E-state index contributed by atoms with van der Waals surface area (Å²) in [6.07, 6.45) is -10.8. The molecule has 1 heterocycles. The minimum atomic E-state index is -5.40. The van der Waals surface area contributed by atoms with Gasteiger partial charge in [0, 0.05) is 12.7 Å². The highest BCUT2D eigenvalue weighted by Gasteiger charge is 2.43. The number of carbonyl (C=O) groups is 1. The summed E-state index contributed by atoms with van der Waals surface area (Å²) in [5, 5.41) is 0. The Hall–Kier alpha value is -2.04. The number of hydrogen-bond donors (Lipinski definition) is 1. The number of rotatable bonds is 5. The largest absolute Gasteiger partial charge is 0.573 e. The lowest BCUT2D eigenvalue weighted by Crippen LogP contribution is -2.24. The highest BCUT2D eigenvalue weighted by atomic mass is 19.4. The van der Waals surface area contributed by atoms with E-state index in [0.717, 1.165) is 0 Å². The lowest BCUT2D eigenvalue weighted by molar-refractivity contribution is -0.276. The van der Waals surface area contributed by atoms with Crippen molar-refractivity contribution in [2.75, 3.05) is 6.61 Å². The number of hydrogen-bond acceptors (Lipinski definition) is 5. The van der Waals surface area contributed by atoms with Gasteiger partial charge in [0.15, 0.2) is 5.75 Å². The first-order valence-electron chi connectivity index (χ1n) is 6.19. The topological polar surface area (TPSA) is 74.4 Å². The summed E-state index contributed by atoms with van der Waals surface area (Å²) >= 11 is 0. The second-order valence-corrected chi connectivity index (χ2v) is 4.17. The molecule has 0 aliphatic rings. The number of esters is 1. The molecule has 0 radical (unpaired) electrons. The molecule has 1 rings (SSSR count). The number of aromatic nitrogens is 1. The maximum absolute atomic E-state index is 13.1. The molecule has 1 aromatic rings. The average molecular weight is 346 g/mol. The van der Waals surface area contributed by atoms with Crippen molar-refractivity contribution in [1.82, 2.24) is 4.98 Å². The SMILES string of the molecule is CCOC(=O)Cc1ncc(CN)c(C(F)(F)F)c1OC(F)(F)F. The van der Waals surface area contributed by atoms with Crippen molar-refractivity contribution in [3.8, 4) is 5.75 Å². The van der Waals surface area contributed by atoms with Crippen LogP contribution in [0.1, 0.15) is 23.7 Å². The lowest BCUT2D eigenvalue weighted by Gasteiger charge is -2.20. The standard InChI is InChI=1S/C12H12F6N2O3/c1-2-22-8(21)3-7-10(23-12(16,17)18)9(11(13,14)15)6(4-19)5-20-7/h5H,2-4,19H2,1H3. The molecule has 11 heteroatoms. The van der Waals surface area contributed by atoms with Gasteiger partial charge in [0.2, 0.25) is 0 Å². The molecule has 5 nitrogen and oxygen atoms in total. The summed E-state index contributed by atoms with van der Waals surface area (Å²) in [6, 6.07) is 0. The molecule has 1 aromatic heterocycles. The third-order valence-electron chi connectivity index (χ3n) is 2.52. The van der Waals surface area contributed by atoms with Crippen LogP contribution < -0.4 is 10.5 Å². The minimum Gasteiger partial charge on any atom is -0.466 e. The van der Waals surface area contributed by atoms with Gasteiger partial charge < -0.3 is 15.2 Å². The number of nitrogens with two attached hydrogens (primary N) is 1. The van der Waals surface area contributed by atoms with Gasteiger partial charge in [-0.15, -0.1) is 13.2 Å². The number of halogens is 6. The van der Waals surface area contributed by atoms with E-state index in [1.807, 2.05) is 0 Å². The number of ether oxygens (including phenoxy) is 2. The van der Waals surface area contributed by atoms with Crippen LogP contribution in [0.3, 0.4) is 0 Å². The second-order valence-electron chi connectivity index (χ2n) is 4.17. The van der Waals surface area contributed by atoms with Crippen molar-refractivity contribution in [3.63, 3.8) is 0 Å². The van der Waals surface area contributed by atoms with Crippen LogP contribution in [0.5, 0.6) is 5.75 Å². The lowest BCUT2D eigenvalue weighted by atomic mass is 10.1. The molecule has 0 aliphatic carbocycles. The first-order valence-corrected chi connectivity index (χ1v) is 6.19. The van der Waals surface area contributed by atoms with E-state index in [0.29, 0.717) is 6.20 Å². The molecule has 130 valence electrons. The third kappa shape index (κ3) is 5.27. The third-order valence-corrected chi connectivity index (χ3v) is 2.52. The molecule has 0 aromatic carbocycles. The van der Waals surface area contributed by atoms with Gasteiger partial charge in [-0.05, 0) is 12.5 Å². The molecule has 0 atom stereocenters. The molecule has 0 bridgehead atoms. The Balaban J connectivity index is 3.48. The number of pyridine rings is 1. The zero-order valence-corrected chi connectivity index (χ0v) is 11.7. The maximum Gasteiger partial charge on any atom is 0.573 e. The number of alkyl halides is 6.